The van der Waals surface area contributed by atoms with Gasteiger partial charge in [0.2, 0.25) is 0 Å². The molecule has 0 spiro atoms. The molecule has 0 saturated heterocycles. The maximum Gasteiger partial charge on any atom is 0.0467 e. The number of hydrogen-bond donors (Lipinski definition) is 1. The largest absolute Gasteiger partial charge is 0.385 e. The van der Waals surface area contributed by atoms with Gasteiger partial charge in [0.05, 0.1) is 0 Å². The molecule has 1 aliphatic rings. The Morgan fingerprint density at radius 2 is 1.89 bits per heavy atom. The number of rotatable bonds is 8. The van der Waals surface area contributed by atoms with Crippen molar-refractivity contribution in [2.75, 3.05) is 20.3 Å². The van der Waals surface area contributed by atoms with E-state index in [0.29, 0.717) is 5.41 Å². The molecule has 1 aliphatic carbocycles. The maximum absolute atomic E-state index is 5.16. The molecule has 0 unspecified atom stereocenters. The Morgan fingerprint density at radius 1 is 1.21 bits per heavy atom. The van der Waals surface area contributed by atoms with E-state index in [1.807, 2.05) is 0 Å². The number of methoxy groups -OCH3 is 1. The molecule has 0 bridgehead atoms. The SMILES string of the molecule is COCCC(C)(C)CNCc1ccc(C2CC2)cc1. The zero-order chi connectivity index (χ0) is 13.7. The van der Waals surface area contributed by atoms with Crippen molar-refractivity contribution in [3.63, 3.8) is 0 Å². The van der Waals surface area contributed by atoms with Crippen molar-refractivity contribution in [3.05, 3.63) is 35.4 Å². The minimum Gasteiger partial charge on any atom is -0.385 e. The summed E-state index contributed by atoms with van der Waals surface area (Å²) in [7, 11) is 1.77. The van der Waals surface area contributed by atoms with Crippen LogP contribution in [0.15, 0.2) is 24.3 Å². The molecule has 19 heavy (non-hydrogen) atoms. The molecular formula is C17H27NO. The Bertz CT molecular complexity index is 379. The fourth-order valence-corrected chi connectivity index (χ4v) is 2.34. The Labute approximate surface area is 117 Å². The molecule has 2 heteroatoms. The van der Waals surface area contributed by atoms with Crippen molar-refractivity contribution >= 4 is 0 Å². The van der Waals surface area contributed by atoms with Gasteiger partial charge in [-0.2, -0.15) is 0 Å². The number of hydrogen-bond acceptors (Lipinski definition) is 2. The van der Waals surface area contributed by atoms with Crippen molar-refractivity contribution in [3.8, 4) is 0 Å². The van der Waals surface area contributed by atoms with Crippen LogP contribution < -0.4 is 5.32 Å². The van der Waals surface area contributed by atoms with Crippen LogP contribution >= 0.6 is 0 Å². The highest BCUT2D eigenvalue weighted by Crippen LogP contribution is 2.39. The van der Waals surface area contributed by atoms with E-state index < -0.39 is 0 Å². The number of ether oxygens (including phenoxy) is 1. The molecule has 2 nitrogen and oxygen atoms in total. The zero-order valence-corrected chi connectivity index (χ0v) is 12.5. The van der Waals surface area contributed by atoms with E-state index in [1.165, 1.54) is 24.0 Å². The third-order valence-corrected chi connectivity index (χ3v) is 3.94. The van der Waals surface area contributed by atoms with Crippen LogP contribution in [0.2, 0.25) is 0 Å². The Balaban J connectivity index is 1.72. The normalized spacial score (nSPS) is 15.7. The molecule has 0 aromatic heterocycles. The Kier molecular flexibility index (Phi) is 5.00. The van der Waals surface area contributed by atoms with E-state index in [-0.39, 0.29) is 0 Å². The molecule has 0 heterocycles. The van der Waals surface area contributed by atoms with Gasteiger partial charge in [0.1, 0.15) is 0 Å². The van der Waals surface area contributed by atoms with Gasteiger partial charge in [-0.25, -0.2) is 0 Å². The first-order chi connectivity index (χ1) is 9.11. The highest BCUT2D eigenvalue weighted by atomic mass is 16.5. The first-order valence-electron chi connectivity index (χ1n) is 7.39. The van der Waals surface area contributed by atoms with Gasteiger partial charge < -0.3 is 10.1 Å². The lowest BCUT2D eigenvalue weighted by molar-refractivity contribution is 0.150. The zero-order valence-electron chi connectivity index (χ0n) is 12.5. The van der Waals surface area contributed by atoms with Crippen LogP contribution in [-0.2, 0) is 11.3 Å². The van der Waals surface area contributed by atoms with E-state index in [9.17, 15) is 0 Å². The second-order valence-corrected chi connectivity index (χ2v) is 6.53. The van der Waals surface area contributed by atoms with Gasteiger partial charge in [-0.3, -0.25) is 0 Å². The molecule has 106 valence electrons. The van der Waals surface area contributed by atoms with Crippen LogP contribution in [-0.4, -0.2) is 20.3 Å². The number of benzene rings is 1. The summed E-state index contributed by atoms with van der Waals surface area (Å²) >= 11 is 0. The molecule has 0 radical (unpaired) electrons. The minimum absolute atomic E-state index is 0.296. The monoisotopic (exact) mass is 261 g/mol. The van der Waals surface area contributed by atoms with Crippen LogP contribution in [0.1, 0.15) is 50.2 Å². The highest BCUT2D eigenvalue weighted by Gasteiger charge is 2.22. The molecule has 1 aromatic carbocycles. The average molecular weight is 261 g/mol. The summed E-state index contributed by atoms with van der Waals surface area (Å²) in [6, 6.07) is 9.13. The summed E-state index contributed by atoms with van der Waals surface area (Å²) in [4.78, 5) is 0. The van der Waals surface area contributed by atoms with Crippen molar-refractivity contribution < 1.29 is 4.74 Å². The minimum atomic E-state index is 0.296. The second kappa shape index (κ2) is 6.53. The summed E-state index contributed by atoms with van der Waals surface area (Å²) in [6.45, 7) is 7.40. The maximum atomic E-state index is 5.16. The number of nitrogens with one attached hydrogen (secondary N) is 1. The van der Waals surface area contributed by atoms with Gasteiger partial charge in [-0.05, 0) is 41.7 Å². The molecule has 0 atom stereocenters. The molecule has 0 amide bonds. The quantitative estimate of drug-likeness (QED) is 0.770. The van der Waals surface area contributed by atoms with E-state index in [1.54, 1.807) is 7.11 Å². The van der Waals surface area contributed by atoms with Crippen LogP contribution in [0.25, 0.3) is 0 Å². The van der Waals surface area contributed by atoms with Crippen molar-refractivity contribution in [2.24, 2.45) is 5.41 Å². The lowest BCUT2D eigenvalue weighted by Gasteiger charge is -2.24. The van der Waals surface area contributed by atoms with Crippen LogP contribution in [0, 0.1) is 5.41 Å². The fourth-order valence-electron chi connectivity index (χ4n) is 2.34. The predicted octanol–water partition coefficient (Wildman–Crippen LogP) is 3.72. The Hall–Kier alpha value is -0.860. The van der Waals surface area contributed by atoms with Gasteiger partial charge in [-0.15, -0.1) is 0 Å². The second-order valence-electron chi connectivity index (χ2n) is 6.53. The third-order valence-electron chi connectivity index (χ3n) is 3.94. The topological polar surface area (TPSA) is 21.3 Å². The van der Waals surface area contributed by atoms with E-state index in [2.05, 4.69) is 43.4 Å². The van der Waals surface area contributed by atoms with Crippen LogP contribution in [0.5, 0.6) is 0 Å². The van der Waals surface area contributed by atoms with Gasteiger partial charge in [0, 0.05) is 26.8 Å². The third kappa shape index (κ3) is 4.96. The first-order valence-corrected chi connectivity index (χ1v) is 7.39. The average Bonchev–Trinajstić information content (AvgIpc) is 3.21. The van der Waals surface area contributed by atoms with Crippen LogP contribution in [0.3, 0.4) is 0 Å². The van der Waals surface area contributed by atoms with E-state index in [4.69, 9.17) is 4.74 Å². The van der Waals surface area contributed by atoms with Crippen molar-refractivity contribution in [1.29, 1.82) is 0 Å². The molecule has 1 fully saturated rings. The summed E-state index contributed by atoms with van der Waals surface area (Å²) in [5.74, 6) is 0.856. The summed E-state index contributed by atoms with van der Waals surface area (Å²) in [5.41, 5.74) is 3.19. The van der Waals surface area contributed by atoms with Crippen molar-refractivity contribution in [2.45, 2.75) is 45.6 Å². The van der Waals surface area contributed by atoms with E-state index >= 15 is 0 Å². The lowest BCUT2D eigenvalue weighted by Crippen LogP contribution is -2.30. The first kappa shape index (κ1) is 14.5. The lowest BCUT2D eigenvalue weighted by atomic mass is 9.89. The smallest absolute Gasteiger partial charge is 0.0467 e. The van der Waals surface area contributed by atoms with Gasteiger partial charge >= 0.3 is 0 Å². The fraction of sp³-hybridized carbons (Fsp3) is 0.647. The predicted molar refractivity (Wildman–Crippen MR) is 80.4 cm³/mol. The molecular weight excluding hydrogens is 234 g/mol. The molecule has 1 aromatic rings. The van der Waals surface area contributed by atoms with Gasteiger partial charge in [0.25, 0.3) is 0 Å². The van der Waals surface area contributed by atoms with Gasteiger partial charge in [-0.1, -0.05) is 38.1 Å². The summed E-state index contributed by atoms with van der Waals surface area (Å²) < 4.78 is 5.16. The molecule has 0 aliphatic heterocycles. The highest BCUT2D eigenvalue weighted by molar-refractivity contribution is 5.27. The molecule has 1 N–H and O–H groups in total. The Morgan fingerprint density at radius 3 is 2.47 bits per heavy atom. The molecule has 2 rings (SSSR count). The standard InChI is InChI=1S/C17H27NO/c1-17(2,10-11-19-3)13-18-12-14-4-6-15(7-5-14)16-8-9-16/h4-7,16,18H,8-13H2,1-3H3. The molecule has 1 saturated carbocycles. The van der Waals surface area contributed by atoms with Crippen molar-refractivity contribution in [1.82, 2.24) is 5.32 Å². The van der Waals surface area contributed by atoms with E-state index in [0.717, 1.165) is 32.0 Å². The van der Waals surface area contributed by atoms with Crippen LogP contribution in [0.4, 0.5) is 0 Å². The summed E-state index contributed by atoms with van der Waals surface area (Å²) in [5, 5.41) is 3.56. The summed E-state index contributed by atoms with van der Waals surface area (Å²) in [6.07, 6.45) is 3.85. The van der Waals surface area contributed by atoms with Gasteiger partial charge in [0.15, 0.2) is 0 Å².